The SMILES string of the molecule is CC(=O)CCN1c2ccccc2Sc2ccc(Cl)cc21. The summed E-state index contributed by atoms with van der Waals surface area (Å²) in [4.78, 5) is 15.9. The van der Waals surface area contributed by atoms with Crippen molar-refractivity contribution in [1.82, 2.24) is 0 Å². The Morgan fingerprint density at radius 2 is 1.90 bits per heavy atom. The molecule has 1 aliphatic heterocycles. The predicted octanol–water partition coefficient (Wildman–Crippen LogP) is 4.92. The van der Waals surface area contributed by atoms with Gasteiger partial charge in [-0.05, 0) is 37.3 Å². The molecule has 0 amide bonds. The third-order valence-corrected chi connectivity index (χ3v) is 4.64. The maximum atomic E-state index is 11.3. The van der Waals surface area contributed by atoms with E-state index in [-0.39, 0.29) is 5.78 Å². The highest BCUT2D eigenvalue weighted by Gasteiger charge is 2.23. The highest BCUT2D eigenvalue weighted by atomic mass is 35.5. The number of fused-ring (bicyclic) bond motifs is 2. The molecule has 0 saturated carbocycles. The molecule has 2 aromatic rings. The largest absolute Gasteiger partial charge is 0.339 e. The van der Waals surface area contributed by atoms with E-state index in [1.807, 2.05) is 30.3 Å². The minimum Gasteiger partial charge on any atom is -0.339 e. The molecule has 4 heteroatoms. The summed E-state index contributed by atoms with van der Waals surface area (Å²) in [5.74, 6) is 0.198. The van der Waals surface area contributed by atoms with Crippen LogP contribution in [0.3, 0.4) is 0 Å². The second-order valence-corrected chi connectivity index (χ2v) is 6.31. The lowest BCUT2D eigenvalue weighted by molar-refractivity contribution is -0.116. The van der Waals surface area contributed by atoms with Crippen molar-refractivity contribution >= 4 is 40.5 Å². The van der Waals surface area contributed by atoms with Crippen LogP contribution in [0.15, 0.2) is 52.3 Å². The van der Waals surface area contributed by atoms with Crippen molar-refractivity contribution < 1.29 is 4.79 Å². The Bertz CT molecular complexity index is 671. The molecule has 0 N–H and O–H groups in total. The van der Waals surface area contributed by atoms with Gasteiger partial charge in [0.25, 0.3) is 0 Å². The number of benzene rings is 2. The zero-order valence-electron chi connectivity index (χ0n) is 11.1. The number of hydrogen-bond acceptors (Lipinski definition) is 3. The van der Waals surface area contributed by atoms with Crippen LogP contribution in [0.1, 0.15) is 13.3 Å². The van der Waals surface area contributed by atoms with Crippen molar-refractivity contribution in [3.8, 4) is 0 Å². The summed E-state index contributed by atoms with van der Waals surface area (Å²) in [6, 6.07) is 14.2. The number of anilines is 2. The number of Topliss-reactive ketones (excluding diaryl/α,β-unsaturated/α-hetero) is 1. The summed E-state index contributed by atoms with van der Waals surface area (Å²) in [7, 11) is 0. The molecule has 0 unspecified atom stereocenters. The van der Waals surface area contributed by atoms with Crippen LogP contribution in [-0.4, -0.2) is 12.3 Å². The topological polar surface area (TPSA) is 20.3 Å². The van der Waals surface area contributed by atoms with Gasteiger partial charge in [0.15, 0.2) is 0 Å². The van der Waals surface area contributed by atoms with Gasteiger partial charge in [0.05, 0.1) is 11.4 Å². The quantitative estimate of drug-likeness (QED) is 0.802. The highest BCUT2D eigenvalue weighted by molar-refractivity contribution is 7.99. The number of hydrogen-bond donors (Lipinski definition) is 0. The van der Waals surface area contributed by atoms with Crippen LogP contribution in [0.25, 0.3) is 0 Å². The van der Waals surface area contributed by atoms with E-state index < -0.39 is 0 Å². The van der Waals surface area contributed by atoms with Crippen molar-refractivity contribution in [1.29, 1.82) is 0 Å². The molecule has 2 aromatic carbocycles. The number of nitrogens with zero attached hydrogens (tertiary/aromatic N) is 1. The number of halogens is 1. The summed E-state index contributed by atoms with van der Waals surface area (Å²) >= 11 is 7.87. The second-order valence-electron chi connectivity index (χ2n) is 4.79. The Hall–Kier alpha value is -1.45. The molecule has 3 rings (SSSR count). The minimum absolute atomic E-state index is 0.198. The summed E-state index contributed by atoms with van der Waals surface area (Å²) < 4.78 is 0. The molecular weight excluding hydrogens is 290 g/mol. The lowest BCUT2D eigenvalue weighted by Gasteiger charge is -2.32. The molecule has 0 bridgehead atoms. The van der Waals surface area contributed by atoms with E-state index in [0.29, 0.717) is 13.0 Å². The Morgan fingerprint density at radius 1 is 1.15 bits per heavy atom. The fourth-order valence-electron chi connectivity index (χ4n) is 2.31. The lowest BCUT2D eigenvalue weighted by Crippen LogP contribution is -2.23. The van der Waals surface area contributed by atoms with Crippen molar-refractivity contribution in [2.45, 2.75) is 23.1 Å². The Kier molecular flexibility index (Phi) is 3.72. The zero-order chi connectivity index (χ0) is 14.1. The Labute approximate surface area is 127 Å². The third kappa shape index (κ3) is 2.56. The summed E-state index contributed by atoms with van der Waals surface area (Å²) in [6.45, 7) is 2.31. The van der Waals surface area contributed by atoms with E-state index in [1.165, 1.54) is 9.79 Å². The van der Waals surface area contributed by atoms with Crippen molar-refractivity contribution in [2.75, 3.05) is 11.4 Å². The first-order valence-electron chi connectivity index (χ1n) is 6.48. The molecule has 2 nitrogen and oxygen atoms in total. The first-order chi connectivity index (χ1) is 9.65. The van der Waals surface area contributed by atoms with E-state index in [2.05, 4.69) is 17.0 Å². The average Bonchev–Trinajstić information content (AvgIpc) is 2.43. The molecular formula is C16H14ClNOS. The lowest BCUT2D eigenvalue weighted by atomic mass is 10.2. The first kappa shape index (κ1) is 13.5. The number of carbonyl (C=O) groups is 1. The van der Waals surface area contributed by atoms with Gasteiger partial charge in [-0.2, -0.15) is 0 Å². The smallest absolute Gasteiger partial charge is 0.131 e. The normalized spacial score (nSPS) is 12.8. The van der Waals surface area contributed by atoms with E-state index in [0.717, 1.165) is 16.4 Å². The molecule has 1 heterocycles. The molecule has 0 spiro atoms. The fourth-order valence-corrected chi connectivity index (χ4v) is 3.56. The molecule has 0 radical (unpaired) electrons. The van der Waals surface area contributed by atoms with Gasteiger partial charge >= 0.3 is 0 Å². The maximum Gasteiger partial charge on any atom is 0.131 e. The number of para-hydroxylation sites is 1. The van der Waals surface area contributed by atoms with E-state index in [1.54, 1.807) is 18.7 Å². The van der Waals surface area contributed by atoms with Gasteiger partial charge < -0.3 is 4.90 Å². The van der Waals surface area contributed by atoms with Crippen molar-refractivity contribution in [3.63, 3.8) is 0 Å². The van der Waals surface area contributed by atoms with Crippen LogP contribution >= 0.6 is 23.4 Å². The van der Waals surface area contributed by atoms with Gasteiger partial charge in [-0.25, -0.2) is 0 Å². The summed E-state index contributed by atoms with van der Waals surface area (Å²) in [6.07, 6.45) is 0.533. The van der Waals surface area contributed by atoms with Crippen LogP contribution < -0.4 is 4.90 Å². The van der Waals surface area contributed by atoms with Crippen LogP contribution in [0.2, 0.25) is 5.02 Å². The fraction of sp³-hybridized carbons (Fsp3) is 0.188. The van der Waals surface area contributed by atoms with Gasteiger partial charge in [0.2, 0.25) is 0 Å². The van der Waals surface area contributed by atoms with Gasteiger partial charge in [-0.15, -0.1) is 0 Å². The van der Waals surface area contributed by atoms with E-state index in [4.69, 9.17) is 11.6 Å². The predicted molar refractivity (Wildman–Crippen MR) is 84.3 cm³/mol. The van der Waals surface area contributed by atoms with Crippen LogP contribution in [0.5, 0.6) is 0 Å². The second kappa shape index (κ2) is 5.51. The van der Waals surface area contributed by atoms with Crippen LogP contribution in [0, 0.1) is 0 Å². The molecule has 20 heavy (non-hydrogen) atoms. The third-order valence-electron chi connectivity index (χ3n) is 3.28. The van der Waals surface area contributed by atoms with Gasteiger partial charge in [0.1, 0.15) is 5.78 Å². The van der Waals surface area contributed by atoms with Gasteiger partial charge in [0, 0.05) is 27.8 Å². The number of ketones is 1. The first-order valence-corrected chi connectivity index (χ1v) is 7.68. The highest BCUT2D eigenvalue weighted by Crippen LogP contribution is 2.48. The van der Waals surface area contributed by atoms with Crippen molar-refractivity contribution in [2.24, 2.45) is 0 Å². The molecule has 0 fully saturated rings. The maximum absolute atomic E-state index is 11.3. The van der Waals surface area contributed by atoms with Gasteiger partial charge in [-0.1, -0.05) is 35.5 Å². The summed E-state index contributed by atoms with van der Waals surface area (Å²) in [5.41, 5.74) is 2.23. The number of rotatable bonds is 3. The molecule has 1 aliphatic rings. The van der Waals surface area contributed by atoms with E-state index >= 15 is 0 Å². The average molecular weight is 304 g/mol. The molecule has 102 valence electrons. The molecule has 0 aromatic heterocycles. The number of carbonyl (C=O) groups excluding carboxylic acids is 1. The van der Waals surface area contributed by atoms with Gasteiger partial charge in [-0.3, -0.25) is 4.79 Å². The van der Waals surface area contributed by atoms with E-state index in [9.17, 15) is 4.79 Å². The Morgan fingerprint density at radius 3 is 2.70 bits per heavy atom. The minimum atomic E-state index is 0.198. The standard InChI is InChI=1S/C16H14ClNOS/c1-11(19)8-9-18-13-4-2-3-5-15(13)20-16-7-6-12(17)10-14(16)18/h2-7,10H,8-9H2,1H3. The monoisotopic (exact) mass is 303 g/mol. The van der Waals surface area contributed by atoms with Crippen LogP contribution in [-0.2, 0) is 4.79 Å². The Balaban J connectivity index is 2.06. The molecule has 0 atom stereocenters. The molecule has 0 aliphatic carbocycles. The summed E-state index contributed by atoms with van der Waals surface area (Å²) in [5, 5.41) is 0.719. The van der Waals surface area contributed by atoms with Crippen molar-refractivity contribution in [3.05, 3.63) is 47.5 Å². The zero-order valence-corrected chi connectivity index (χ0v) is 12.7. The van der Waals surface area contributed by atoms with Crippen LogP contribution in [0.4, 0.5) is 11.4 Å². The molecule has 0 saturated heterocycles.